The van der Waals surface area contributed by atoms with Crippen molar-refractivity contribution in [2.45, 2.75) is 18.9 Å². The average Bonchev–Trinajstić information content (AvgIpc) is 2.29. The van der Waals surface area contributed by atoms with E-state index >= 15 is 0 Å². The van der Waals surface area contributed by atoms with Crippen LogP contribution in [0.2, 0.25) is 0 Å². The monoisotopic (exact) mass is 264 g/mol. The molecule has 0 saturated carbocycles. The largest absolute Gasteiger partial charge is 0.480 e. The van der Waals surface area contributed by atoms with E-state index in [0.29, 0.717) is 5.75 Å². The van der Waals surface area contributed by atoms with Crippen molar-refractivity contribution in [3.8, 4) is 5.75 Å². The number of ether oxygens (including phenoxy) is 1. The maximum atomic E-state index is 11.6. The van der Waals surface area contributed by atoms with Crippen LogP contribution < -0.4 is 10.5 Å². The first-order valence-corrected chi connectivity index (χ1v) is 6.10. The maximum absolute atomic E-state index is 11.6. The van der Waals surface area contributed by atoms with E-state index in [1.165, 1.54) is 0 Å². The quantitative estimate of drug-likeness (QED) is 0.840. The third kappa shape index (κ3) is 3.45. The minimum absolute atomic E-state index is 0.246. The molecule has 1 heterocycles. The van der Waals surface area contributed by atoms with Crippen LogP contribution in [-0.4, -0.2) is 41.2 Å². The summed E-state index contributed by atoms with van der Waals surface area (Å²) < 4.78 is 5.17. The molecule has 1 fully saturated rings. The summed E-state index contributed by atoms with van der Waals surface area (Å²) in [6.45, 7) is 1.48. The molecule has 6 heteroatoms. The molecule has 6 nitrogen and oxygen atoms in total. The van der Waals surface area contributed by atoms with Gasteiger partial charge in [0.15, 0.2) is 0 Å². The molecule has 0 bridgehead atoms. The van der Waals surface area contributed by atoms with E-state index in [4.69, 9.17) is 15.6 Å². The number of amides is 1. The molecule has 0 unspecified atom stereocenters. The van der Waals surface area contributed by atoms with Crippen LogP contribution in [0.1, 0.15) is 12.0 Å². The summed E-state index contributed by atoms with van der Waals surface area (Å²) in [6.07, 6.45) is 0.915. The predicted molar refractivity (Wildman–Crippen MR) is 68.0 cm³/mol. The van der Waals surface area contributed by atoms with Gasteiger partial charge in [0.25, 0.3) is 0 Å². The lowest BCUT2D eigenvalue weighted by atomic mass is 10.1. The Bertz CT molecular complexity index is 468. The van der Waals surface area contributed by atoms with Gasteiger partial charge < -0.3 is 20.5 Å². The normalized spacial score (nSPS) is 15.5. The second-order valence-corrected chi connectivity index (χ2v) is 4.50. The molecule has 0 spiro atoms. The van der Waals surface area contributed by atoms with E-state index in [1.54, 1.807) is 29.2 Å². The topological polar surface area (TPSA) is 92.9 Å². The molecule has 2 rings (SSSR count). The molecule has 1 amide bonds. The van der Waals surface area contributed by atoms with Gasteiger partial charge in [0, 0.05) is 13.1 Å². The lowest BCUT2D eigenvalue weighted by Crippen LogP contribution is -2.43. The Morgan fingerprint density at radius 1 is 1.32 bits per heavy atom. The van der Waals surface area contributed by atoms with E-state index < -0.39 is 12.0 Å². The fraction of sp³-hybridized carbons (Fsp3) is 0.385. The molecule has 1 aliphatic rings. The van der Waals surface area contributed by atoms with E-state index in [9.17, 15) is 9.59 Å². The van der Waals surface area contributed by atoms with Crippen LogP contribution >= 0.6 is 0 Å². The zero-order valence-corrected chi connectivity index (χ0v) is 10.4. The van der Waals surface area contributed by atoms with Crippen LogP contribution in [0.4, 0.5) is 4.79 Å². The number of benzene rings is 1. The van der Waals surface area contributed by atoms with Crippen LogP contribution in [-0.2, 0) is 11.2 Å². The standard InChI is InChI=1S/C13H16N2O4/c14-11(12(16)17)8-9-2-4-10(5-3-9)19-13(18)15-6-1-7-15/h2-5,11H,1,6-8,14H2,(H,16,17)/t11-/m0/s1. The number of carbonyl (C=O) groups is 2. The smallest absolute Gasteiger partial charge is 0.415 e. The number of hydrogen-bond donors (Lipinski definition) is 2. The summed E-state index contributed by atoms with van der Waals surface area (Å²) >= 11 is 0. The van der Waals surface area contributed by atoms with Gasteiger partial charge in [0.05, 0.1) is 0 Å². The van der Waals surface area contributed by atoms with Gasteiger partial charge in [-0.15, -0.1) is 0 Å². The van der Waals surface area contributed by atoms with E-state index in [1.807, 2.05) is 0 Å². The van der Waals surface area contributed by atoms with E-state index in [-0.39, 0.29) is 12.5 Å². The Kier molecular flexibility index (Phi) is 4.01. The van der Waals surface area contributed by atoms with E-state index in [2.05, 4.69) is 0 Å². The highest BCUT2D eigenvalue weighted by atomic mass is 16.6. The molecule has 1 atom stereocenters. The summed E-state index contributed by atoms with van der Waals surface area (Å²) in [7, 11) is 0. The van der Waals surface area contributed by atoms with Crippen molar-refractivity contribution in [2.75, 3.05) is 13.1 Å². The first kappa shape index (κ1) is 13.4. The summed E-state index contributed by atoms with van der Waals surface area (Å²) in [5, 5.41) is 8.71. The van der Waals surface area contributed by atoms with Crippen molar-refractivity contribution in [1.82, 2.24) is 4.90 Å². The summed E-state index contributed by atoms with van der Waals surface area (Å²) in [6, 6.07) is 5.78. The Labute approximate surface area is 110 Å². The van der Waals surface area contributed by atoms with Crippen molar-refractivity contribution < 1.29 is 19.4 Å². The zero-order valence-electron chi connectivity index (χ0n) is 10.4. The molecular formula is C13H16N2O4. The highest BCUT2D eigenvalue weighted by Crippen LogP contribution is 2.16. The number of rotatable bonds is 4. The van der Waals surface area contributed by atoms with Crippen molar-refractivity contribution in [3.05, 3.63) is 29.8 Å². The number of aliphatic carboxylic acids is 1. The maximum Gasteiger partial charge on any atom is 0.415 e. The Balaban J connectivity index is 1.90. The minimum atomic E-state index is -1.03. The molecule has 1 aromatic rings. The Hall–Kier alpha value is -2.08. The number of carboxylic acid groups (broad SMARTS) is 1. The minimum Gasteiger partial charge on any atom is -0.480 e. The predicted octanol–water partition coefficient (Wildman–Crippen LogP) is 0.846. The van der Waals surface area contributed by atoms with Gasteiger partial charge >= 0.3 is 12.1 Å². The molecule has 1 aliphatic heterocycles. The number of carbonyl (C=O) groups excluding carboxylic acids is 1. The third-order valence-electron chi connectivity index (χ3n) is 3.02. The molecule has 102 valence electrons. The van der Waals surface area contributed by atoms with Gasteiger partial charge in [-0.25, -0.2) is 4.79 Å². The Morgan fingerprint density at radius 2 is 1.95 bits per heavy atom. The highest BCUT2D eigenvalue weighted by molar-refractivity contribution is 5.73. The molecule has 3 N–H and O–H groups in total. The number of hydrogen-bond acceptors (Lipinski definition) is 4. The van der Waals surface area contributed by atoms with Crippen LogP contribution in [0.15, 0.2) is 24.3 Å². The lowest BCUT2D eigenvalue weighted by molar-refractivity contribution is -0.138. The van der Waals surface area contributed by atoms with Gasteiger partial charge in [0.1, 0.15) is 11.8 Å². The SMILES string of the molecule is N[C@@H](Cc1ccc(OC(=O)N2CCC2)cc1)C(=O)O. The molecule has 19 heavy (non-hydrogen) atoms. The lowest BCUT2D eigenvalue weighted by Gasteiger charge is -2.29. The molecule has 0 aliphatic carbocycles. The first-order valence-electron chi connectivity index (χ1n) is 6.10. The Morgan fingerprint density at radius 3 is 2.42 bits per heavy atom. The van der Waals surface area contributed by atoms with Crippen molar-refractivity contribution in [1.29, 1.82) is 0 Å². The average molecular weight is 264 g/mol. The van der Waals surface area contributed by atoms with Gasteiger partial charge in [-0.05, 0) is 30.5 Å². The fourth-order valence-electron chi connectivity index (χ4n) is 1.70. The molecular weight excluding hydrogens is 248 g/mol. The van der Waals surface area contributed by atoms with Crippen molar-refractivity contribution in [2.24, 2.45) is 5.73 Å². The summed E-state index contributed by atoms with van der Waals surface area (Å²) in [5.74, 6) is -0.585. The number of likely N-dealkylation sites (tertiary alicyclic amines) is 1. The molecule has 0 aromatic heterocycles. The van der Waals surface area contributed by atoms with Crippen molar-refractivity contribution in [3.63, 3.8) is 0 Å². The second-order valence-electron chi connectivity index (χ2n) is 4.50. The van der Waals surface area contributed by atoms with Gasteiger partial charge in [0.2, 0.25) is 0 Å². The van der Waals surface area contributed by atoms with Crippen LogP contribution in [0.5, 0.6) is 5.75 Å². The fourth-order valence-corrected chi connectivity index (χ4v) is 1.70. The molecule has 0 radical (unpaired) electrons. The van der Waals surface area contributed by atoms with Crippen LogP contribution in [0, 0.1) is 0 Å². The zero-order chi connectivity index (χ0) is 13.8. The van der Waals surface area contributed by atoms with Gasteiger partial charge in [-0.1, -0.05) is 12.1 Å². The first-order chi connectivity index (χ1) is 9.06. The summed E-state index contributed by atoms with van der Waals surface area (Å²) in [5.41, 5.74) is 6.23. The van der Waals surface area contributed by atoms with E-state index in [0.717, 1.165) is 25.1 Å². The van der Waals surface area contributed by atoms with Crippen molar-refractivity contribution >= 4 is 12.1 Å². The van der Waals surface area contributed by atoms with Crippen LogP contribution in [0.25, 0.3) is 0 Å². The highest BCUT2D eigenvalue weighted by Gasteiger charge is 2.22. The van der Waals surface area contributed by atoms with Gasteiger partial charge in [-0.2, -0.15) is 0 Å². The van der Waals surface area contributed by atoms with Gasteiger partial charge in [-0.3, -0.25) is 4.79 Å². The molecule has 1 saturated heterocycles. The third-order valence-corrected chi connectivity index (χ3v) is 3.02. The number of carboxylic acids is 1. The number of nitrogens with two attached hydrogens (primary N) is 1. The summed E-state index contributed by atoms with van der Waals surface area (Å²) in [4.78, 5) is 23.8. The molecule has 1 aromatic carbocycles. The second kappa shape index (κ2) is 5.71. The number of nitrogens with zero attached hydrogens (tertiary/aromatic N) is 1. The van der Waals surface area contributed by atoms with Crippen LogP contribution in [0.3, 0.4) is 0 Å².